The zero-order chi connectivity index (χ0) is 22.2. The average molecular weight is 436 g/mol. The van der Waals surface area contributed by atoms with Crippen molar-refractivity contribution < 1.29 is 13.5 Å². The lowest BCUT2D eigenvalue weighted by Gasteiger charge is -2.13. The average Bonchev–Trinajstić information content (AvgIpc) is 3.41. The van der Waals surface area contributed by atoms with E-state index in [1.807, 2.05) is 0 Å². The van der Waals surface area contributed by atoms with E-state index in [1.54, 1.807) is 24.3 Å². The van der Waals surface area contributed by atoms with Crippen LogP contribution in [-0.4, -0.2) is 32.9 Å². The number of benzene rings is 2. The topological polar surface area (TPSA) is 90.9 Å². The van der Waals surface area contributed by atoms with E-state index >= 15 is 4.39 Å². The summed E-state index contributed by atoms with van der Waals surface area (Å²) < 4.78 is 35.4. The molecule has 4 aromatic rings. The second kappa shape index (κ2) is 8.07. The molecule has 164 valence electrons. The Hall–Kier alpha value is -3.75. The first kappa shape index (κ1) is 20.2. The molecular weight excluding hydrogens is 414 g/mol. The van der Waals surface area contributed by atoms with Crippen LogP contribution in [0.15, 0.2) is 42.5 Å². The molecule has 1 saturated carbocycles. The van der Waals surface area contributed by atoms with Crippen LogP contribution in [0.1, 0.15) is 25.7 Å². The van der Waals surface area contributed by atoms with Gasteiger partial charge in [0.25, 0.3) is 0 Å². The molecule has 2 aromatic carbocycles. The fraction of sp³-hybridized carbons (Fsp3) is 0.261. The summed E-state index contributed by atoms with van der Waals surface area (Å²) in [5.41, 5.74) is 7.71. The number of rotatable bonds is 5. The zero-order valence-electron chi connectivity index (χ0n) is 17.5. The zero-order valence-corrected chi connectivity index (χ0v) is 17.5. The smallest absolute Gasteiger partial charge is 0.225 e. The van der Waals surface area contributed by atoms with E-state index in [1.165, 1.54) is 30.0 Å². The molecule has 0 radical (unpaired) electrons. The van der Waals surface area contributed by atoms with Crippen molar-refractivity contribution >= 4 is 22.8 Å². The van der Waals surface area contributed by atoms with Crippen LogP contribution >= 0.6 is 0 Å². The van der Waals surface area contributed by atoms with Gasteiger partial charge in [-0.3, -0.25) is 0 Å². The van der Waals surface area contributed by atoms with Gasteiger partial charge in [0.05, 0.1) is 23.9 Å². The molecule has 0 unspecified atom stereocenters. The summed E-state index contributed by atoms with van der Waals surface area (Å²) in [6.45, 7) is 0. The Labute approximate surface area is 183 Å². The van der Waals surface area contributed by atoms with Crippen LogP contribution in [0.2, 0.25) is 0 Å². The van der Waals surface area contributed by atoms with Gasteiger partial charge in [0.2, 0.25) is 5.95 Å². The van der Waals surface area contributed by atoms with Crippen LogP contribution < -0.4 is 15.8 Å². The summed E-state index contributed by atoms with van der Waals surface area (Å²) in [5.74, 6) is 0.0256. The van der Waals surface area contributed by atoms with Gasteiger partial charge in [0, 0.05) is 17.7 Å². The Balaban J connectivity index is 1.72. The first-order valence-electron chi connectivity index (χ1n) is 10.5. The van der Waals surface area contributed by atoms with Gasteiger partial charge < -0.3 is 15.8 Å². The Morgan fingerprint density at radius 3 is 2.62 bits per heavy atom. The quantitative estimate of drug-likeness (QED) is 0.471. The molecule has 32 heavy (non-hydrogen) atoms. The first-order chi connectivity index (χ1) is 15.5. The minimum Gasteiger partial charge on any atom is -0.497 e. The third-order valence-corrected chi connectivity index (χ3v) is 5.74. The maximum absolute atomic E-state index is 15.0. The predicted molar refractivity (Wildman–Crippen MR) is 119 cm³/mol. The molecule has 1 aliphatic rings. The third kappa shape index (κ3) is 3.59. The summed E-state index contributed by atoms with van der Waals surface area (Å²) in [5, 5.41) is 8.24. The number of ether oxygens (including phenoxy) is 1. The molecule has 2 aromatic heterocycles. The third-order valence-electron chi connectivity index (χ3n) is 5.74. The number of nitrogen functional groups attached to an aromatic ring is 1. The van der Waals surface area contributed by atoms with E-state index in [0.717, 1.165) is 25.7 Å². The summed E-state index contributed by atoms with van der Waals surface area (Å²) >= 11 is 0. The van der Waals surface area contributed by atoms with Crippen molar-refractivity contribution in [3.8, 4) is 22.7 Å². The van der Waals surface area contributed by atoms with E-state index in [9.17, 15) is 4.39 Å². The van der Waals surface area contributed by atoms with E-state index in [4.69, 9.17) is 10.5 Å². The molecule has 0 amide bonds. The van der Waals surface area contributed by atoms with Crippen molar-refractivity contribution in [1.82, 2.24) is 19.7 Å². The van der Waals surface area contributed by atoms with Crippen LogP contribution in [0.3, 0.4) is 0 Å². The fourth-order valence-electron chi connectivity index (χ4n) is 4.14. The van der Waals surface area contributed by atoms with Gasteiger partial charge in [0.1, 0.15) is 23.2 Å². The van der Waals surface area contributed by atoms with Crippen molar-refractivity contribution in [3.05, 3.63) is 54.1 Å². The molecule has 3 N–H and O–H groups in total. The van der Waals surface area contributed by atoms with Crippen molar-refractivity contribution in [1.29, 1.82) is 0 Å². The van der Waals surface area contributed by atoms with Crippen molar-refractivity contribution in [3.63, 3.8) is 0 Å². The Morgan fingerprint density at radius 2 is 1.91 bits per heavy atom. The number of halogens is 2. The van der Waals surface area contributed by atoms with Gasteiger partial charge in [-0.15, -0.1) is 5.10 Å². The minimum atomic E-state index is -0.505. The predicted octanol–water partition coefficient (Wildman–Crippen LogP) is 4.71. The molecular formula is C23H22F2N6O. The number of aromatic nitrogens is 4. The molecule has 2 heterocycles. The number of nitrogens with zero attached hydrogens (tertiary/aromatic N) is 4. The van der Waals surface area contributed by atoms with Crippen molar-refractivity contribution in [2.24, 2.45) is 0 Å². The number of nitrogens with two attached hydrogens (primary N) is 1. The molecule has 7 nitrogen and oxygen atoms in total. The van der Waals surface area contributed by atoms with E-state index in [2.05, 4.69) is 20.4 Å². The van der Waals surface area contributed by atoms with Crippen LogP contribution in [-0.2, 0) is 0 Å². The highest BCUT2D eigenvalue weighted by Gasteiger charge is 2.23. The summed E-state index contributed by atoms with van der Waals surface area (Å²) in [7, 11) is 1.47. The SMILES string of the molecule is COc1ccc(-c2nc(NC3CCCC3)nc3nn(-c4cccc(F)c4)c(N)c23)c(F)c1. The fourth-order valence-corrected chi connectivity index (χ4v) is 4.14. The molecule has 0 bridgehead atoms. The molecule has 0 spiro atoms. The Morgan fingerprint density at radius 1 is 1.09 bits per heavy atom. The van der Waals surface area contributed by atoms with Gasteiger partial charge in [-0.2, -0.15) is 4.98 Å². The molecule has 0 aliphatic heterocycles. The summed E-state index contributed by atoms with van der Waals surface area (Å²) in [6, 6.07) is 10.7. The maximum Gasteiger partial charge on any atom is 0.225 e. The summed E-state index contributed by atoms with van der Waals surface area (Å²) in [4.78, 5) is 9.17. The lowest BCUT2D eigenvalue weighted by atomic mass is 10.1. The number of hydrogen-bond acceptors (Lipinski definition) is 6. The molecule has 0 saturated heterocycles. The van der Waals surface area contributed by atoms with Crippen LogP contribution in [0.25, 0.3) is 28.0 Å². The van der Waals surface area contributed by atoms with Crippen molar-refractivity contribution in [2.45, 2.75) is 31.7 Å². The number of fused-ring (bicyclic) bond motifs is 1. The number of anilines is 2. The largest absolute Gasteiger partial charge is 0.497 e. The lowest BCUT2D eigenvalue weighted by molar-refractivity contribution is 0.411. The Kier molecular flexibility index (Phi) is 5.08. The molecule has 1 fully saturated rings. The van der Waals surface area contributed by atoms with Crippen LogP contribution in [0.5, 0.6) is 5.75 Å². The van der Waals surface area contributed by atoms with Crippen LogP contribution in [0.4, 0.5) is 20.5 Å². The van der Waals surface area contributed by atoms with Gasteiger partial charge in [-0.25, -0.2) is 18.4 Å². The van der Waals surface area contributed by atoms with Crippen molar-refractivity contribution in [2.75, 3.05) is 18.2 Å². The molecule has 5 rings (SSSR count). The van der Waals surface area contributed by atoms with E-state index in [0.29, 0.717) is 34.1 Å². The molecule has 9 heteroatoms. The number of hydrogen-bond donors (Lipinski definition) is 2. The number of methoxy groups -OCH3 is 1. The molecule has 0 atom stereocenters. The molecule has 1 aliphatic carbocycles. The second-order valence-electron chi connectivity index (χ2n) is 7.84. The highest BCUT2D eigenvalue weighted by atomic mass is 19.1. The minimum absolute atomic E-state index is 0.197. The van der Waals surface area contributed by atoms with Gasteiger partial charge in [-0.1, -0.05) is 18.9 Å². The van der Waals surface area contributed by atoms with E-state index in [-0.39, 0.29) is 17.4 Å². The summed E-state index contributed by atoms with van der Waals surface area (Å²) in [6.07, 6.45) is 4.32. The van der Waals surface area contributed by atoms with Crippen LogP contribution in [0, 0.1) is 11.6 Å². The maximum atomic E-state index is 15.0. The second-order valence-corrected chi connectivity index (χ2v) is 7.84. The normalized spacial score (nSPS) is 14.2. The Bertz CT molecular complexity index is 1300. The van der Waals surface area contributed by atoms with Gasteiger partial charge >= 0.3 is 0 Å². The first-order valence-corrected chi connectivity index (χ1v) is 10.5. The van der Waals surface area contributed by atoms with Gasteiger partial charge in [0.15, 0.2) is 5.65 Å². The lowest BCUT2D eigenvalue weighted by Crippen LogP contribution is -2.17. The highest BCUT2D eigenvalue weighted by molar-refractivity contribution is 5.99. The number of nitrogens with one attached hydrogen (secondary N) is 1. The standard InChI is InChI=1S/C23H22F2N6O/c1-32-16-9-10-17(18(25)12-16)20-19-21(26)31(15-8-4-5-13(24)11-15)30-22(19)29-23(28-20)27-14-6-2-3-7-14/h4-5,8-12,14H,2-3,6-7,26H2,1H3,(H,27,29,30). The van der Waals surface area contributed by atoms with E-state index < -0.39 is 11.6 Å². The van der Waals surface area contributed by atoms with Gasteiger partial charge in [-0.05, 0) is 43.2 Å². The monoisotopic (exact) mass is 436 g/mol. The highest BCUT2D eigenvalue weighted by Crippen LogP contribution is 2.35.